The van der Waals surface area contributed by atoms with Gasteiger partial charge in [-0.25, -0.2) is 0 Å². The Morgan fingerprint density at radius 1 is 0.362 bits per heavy atom. The molecule has 4 aromatic rings. The van der Waals surface area contributed by atoms with E-state index < -0.39 is 0 Å². The molecule has 0 bridgehead atoms. The van der Waals surface area contributed by atoms with Crippen molar-refractivity contribution in [2.45, 2.75) is 232 Å². The third kappa shape index (κ3) is 13.1. The molecule has 378 valence electrons. The van der Waals surface area contributed by atoms with Crippen molar-refractivity contribution in [1.82, 2.24) is 15.2 Å². The maximum absolute atomic E-state index is 7.17. The van der Waals surface area contributed by atoms with Crippen molar-refractivity contribution >= 4 is 0 Å². The Morgan fingerprint density at radius 2 is 0.594 bits per heavy atom. The van der Waals surface area contributed by atoms with Crippen molar-refractivity contribution in [3.63, 3.8) is 0 Å². The molecule has 69 heavy (non-hydrogen) atoms. The molecule has 0 spiro atoms. The molecule has 0 radical (unpaired) electrons. The van der Waals surface area contributed by atoms with Crippen LogP contribution in [-0.4, -0.2) is 66.7 Å². The van der Waals surface area contributed by atoms with Crippen molar-refractivity contribution in [2.24, 2.45) is 0 Å². The van der Waals surface area contributed by atoms with E-state index in [2.05, 4.69) is 228 Å². The summed E-state index contributed by atoms with van der Waals surface area (Å²) in [5, 5.41) is 6.75. The first-order valence-electron chi connectivity index (χ1n) is 26.0. The smallest absolute Gasteiger partial charge is 0.127 e. The van der Waals surface area contributed by atoms with E-state index in [9.17, 15) is 0 Å². The van der Waals surface area contributed by atoms with Gasteiger partial charge in [0.05, 0.1) is 0 Å². The normalized spacial score (nSPS) is 26.0. The van der Waals surface area contributed by atoms with Gasteiger partial charge in [0, 0.05) is 70.7 Å². The van der Waals surface area contributed by atoms with E-state index in [-0.39, 0.29) is 69.9 Å². The molecule has 9 heteroatoms. The molecular weight excluding hydrogens is 859 g/mol. The summed E-state index contributed by atoms with van der Waals surface area (Å²) in [5.74, 6) is 2.29. The highest BCUT2D eigenvalue weighted by molar-refractivity contribution is 5.43. The van der Waals surface area contributed by atoms with Crippen LogP contribution >= 0.6 is 0 Å². The molecule has 9 nitrogen and oxygen atoms in total. The predicted molar refractivity (Wildman–Crippen MR) is 279 cm³/mol. The van der Waals surface area contributed by atoms with Crippen LogP contribution in [0.15, 0.2) is 109 Å². The summed E-state index contributed by atoms with van der Waals surface area (Å²) in [6.45, 7) is 33.9. The Bertz CT molecular complexity index is 1980. The quantitative estimate of drug-likeness (QED) is 0.116. The van der Waals surface area contributed by atoms with Crippen LogP contribution < -0.4 is 14.2 Å². The minimum absolute atomic E-state index is 0.0622. The van der Waals surface area contributed by atoms with Crippen LogP contribution in [0.1, 0.15) is 197 Å². The molecule has 6 unspecified atom stereocenters. The number of ether oxygens (including phenoxy) is 3. The van der Waals surface area contributed by atoms with Gasteiger partial charge in [-0.2, -0.15) is 15.2 Å². The topological polar surface area (TPSA) is 65.1 Å². The molecule has 3 saturated heterocycles. The largest absolute Gasteiger partial charge is 0.490 e. The first-order valence-corrected chi connectivity index (χ1v) is 26.0. The number of nitrogens with zero attached hydrogens (tertiary/aromatic N) is 3. The summed E-state index contributed by atoms with van der Waals surface area (Å²) in [6, 6.07) is 37.8. The molecule has 3 heterocycles. The first-order chi connectivity index (χ1) is 32.3. The molecule has 3 aliphatic rings. The standard InChI is InChI=1S/C60H87N3O6/c1-43(46-25-19-16-20-26-46)67-61-55(4,5)34-31-49(40-58(61,10)11)64-52-37-53(65-50-32-35-56(6,7)62(59(12,13)41-50)68-44(2)47-27-21-17-22-28-47)39-54(38-52)66-51-33-36-57(8,9)63(60(14,15)42-51)69-45(3)48-29-23-18-24-30-48/h16-30,37-39,43-45,49-51H,31-36,40-42H2,1-15H3. The summed E-state index contributed by atoms with van der Waals surface area (Å²) in [7, 11) is 0. The van der Waals surface area contributed by atoms with Crippen molar-refractivity contribution in [2.75, 3.05) is 0 Å². The van der Waals surface area contributed by atoms with Gasteiger partial charge in [0.2, 0.25) is 0 Å². The maximum Gasteiger partial charge on any atom is 0.127 e. The van der Waals surface area contributed by atoms with Gasteiger partial charge in [0.25, 0.3) is 0 Å². The highest BCUT2D eigenvalue weighted by Gasteiger charge is 2.48. The Balaban J connectivity index is 1.15. The molecule has 0 amide bonds. The van der Waals surface area contributed by atoms with Gasteiger partial charge in [-0.05, 0) is 159 Å². The Labute approximate surface area is 417 Å². The fourth-order valence-corrected chi connectivity index (χ4v) is 11.8. The van der Waals surface area contributed by atoms with E-state index in [0.29, 0.717) is 0 Å². The van der Waals surface area contributed by atoms with Crippen LogP contribution in [0.3, 0.4) is 0 Å². The minimum Gasteiger partial charge on any atom is -0.490 e. The Kier molecular flexibility index (Phi) is 16.1. The molecule has 0 saturated carbocycles. The van der Waals surface area contributed by atoms with E-state index in [1.54, 1.807) is 0 Å². The van der Waals surface area contributed by atoms with Crippen molar-refractivity contribution in [3.05, 3.63) is 126 Å². The van der Waals surface area contributed by atoms with Crippen LogP contribution in [0.4, 0.5) is 0 Å². The van der Waals surface area contributed by atoms with Gasteiger partial charge in [0.15, 0.2) is 0 Å². The third-order valence-corrected chi connectivity index (χ3v) is 15.1. The molecule has 0 N–H and O–H groups in total. The molecule has 4 aromatic carbocycles. The van der Waals surface area contributed by atoms with Gasteiger partial charge >= 0.3 is 0 Å². The summed E-state index contributed by atoms with van der Waals surface area (Å²) in [4.78, 5) is 20.7. The first kappa shape index (κ1) is 52.9. The lowest BCUT2D eigenvalue weighted by Gasteiger charge is -2.47. The van der Waals surface area contributed by atoms with Gasteiger partial charge in [-0.3, -0.25) is 14.5 Å². The fraction of sp³-hybridized carbons (Fsp3) is 0.600. The van der Waals surface area contributed by atoms with Crippen LogP contribution in [0, 0.1) is 0 Å². The van der Waals surface area contributed by atoms with Crippen molar-refractivity contribution < 1.29 is 28.7 Å². The van der Waals surface area contributed by atoms with E-state index in [4.69, 9.17) is 28.7 Å². The zero-order chi connectivity index (χ0) is 50.0. The SMILES string of the molecule is CC(ON1C(C)(C)CCC(Oc2cc(OC3CCC(C)(C)N(OC(C)c4ccccc4)C(C)(C)C3)cc(OC3CCC(C)(C)N(OC(C)c4ccccc4)C(C)(C)C3)c2)CC1(C)C)c1ccccc1. The van der Waals surface area contributed by atoms with Gasteiger partial charge < -0.3 is 14.2 Å². The zero-order valence-corrected chi connectivity index (χ0v) is 45.0. The summed E-state index contributed by atoms with van der Waals surface area (Å²) < 4.78 is 21.5. The van der Waals surface area contributed by atoms with Crippen LogP contribution in [0.2, 0.25) is 0 Å². The number of benzene rings is 4. The summed E-state index contributed by atoms with van der Waals surface area (Å²) >= 11 is 0. The second-order valence-corrected chi connectivity index (χ2v) is 24.3. The lowest BCUT2D eigenvalue weighted by Crippen LogP contribution is -2.54. The Hall–Kier alpha value is -3.96. The maximum atomic E-state index is 7.17. The molecule has 0 aromatic heterocycles. The highest BCUT2D eigenvalue weighted by Crippen LogP contribution is 2.45. The van der Waals surface area contributed by atoms with E-state index >= 15 is 0 Å². The Morgan fingerprint density at radius 3 is 0.826 bits per heavy atom. The number of hydrogen-bond donors (Lipinski definition) is 0. The highest BCUT2D eigenvalue weighted by atomic mass is 16.7. The number of hydrogen-bond acceptors (Lipinski definition) is 9. The van der Waals surface area contributed by atoms with Gasteiger partial charge in [0.1, 0.15) is 53.9 Å². The van der Waals surface area contributed by atoms with E-state index in [0.717, 1.165) is 91.7 Å². The van der Waals surface area contributed by atoms with Crippen LogP contribution in [0.5, 0.6) is 17.2 Å². The monoisotopic (exact) mass is 946 g/mol. The molecule has 0 aliphatic carbocycles. The zero-order valence-electron chi connectivity index (χ0n) is 45.0. The average Bonchev–Trinajstić information content (AvgIpc) is 3.47. The lowest BCUT2D eigenvalue weighted by atomic mass is 9.95. The summed E-state index contributed by atoms with van der Waals surface area (Å²) in [5.41, 5.74) is 1.84. The second-order valence-electron chi connectivity index (χ2n) is 24.3. The minimum atomic E-state index is -0.323. The fourth-order valence-electron chi connectivity index (χ4n) is 11.8. The van der Waals surface area contributed by atoms with E-state index in [1.165, 1.54) is 0 Å². The average molecular weight is 946 g/mol. The van der Waals surface area contributed by atoms with E-state index in [1.807, 2.05) is 0 Å². The molecule has 6 atom stereocenters. The molecule has 7 rings (SSSR count). The number of rotatable bonds is 15. The van der Waals surface area contributed by atoms with Crippen LogP contribution in [0.25, 0.3) is 0 Å². The third-order valence-electron chi connectivity index (χ3n) is 15.1. The number of hydroxylamine groups is 6. The van der Waals surface area contributed by atoms with Crippen molar-refractivity contribution in [3.8, 4) is 17.2 Å². The van der Waals surface area contributed by atoms with Crippen LogP contribution in [-0.2, 0) is 14.5 Å². The summed E-state index contributed by atoms with van der Waals surface area (Å²) in [6.07, 6.45) is 7.25. The molecule has 3 fully saturated rings. The van der Waals surface area contributed by atoms with Gasteiger partial charge in [-0.1, -0.05) is 91.0 Å². The second kappa shape index (κ2) is 21.0. The van der Waals surface area contributed by atoms with Gasteiger partial charge in [-0.15, -0.1) is 0 Å². The predicted octanol–water partition coefficient (Wildman–Crippen LogP) is 15.1. The molecule has 3 aliphatic heterocycles. The lowest BCUT2D eigenvalue weighted by molar-refractivity contribution is -0.290. The van der Waals surface area contributed by atoms with Crippen molar-refractivity contribution in [1.29, 1.82) is 0 Å². The molecular formula is C60H87N3O6.